The van der Waals surface area contributed by atoms with E-state index < -0.39 is 5.60 Å². The standard InChI is InChI=1S/C20H19FN2O3/c1-20(25,15-7-9-16(21)10-8-15)13-22-19(24)12-17-11-18(26-23-17)14-5-3-2-4-6-14/h2-11,25H,12-13H2,1H3,(H,22,24). The summed E-state index contributed by atoms with van der Waals surface area (Å²) in [4.78, 5) is 12.1. The maximum absolute atomic E-state index is 13.0. The zero-order valence-corrected chi connectivity index (χ0v) is 14.3. The summed E-state index contributed by atoms with van der Waals surface area (Å²) in [5, 5.41) is 17.0. The van der Waals surface area contributed by atoms with Gasteiger partial charge in [-0.15, -0.1) is 0 Å². The largest absolute Gasteiger partial charge is 0.384 e. The lowest BCUT2D eigenvalue weighted by Crippen LogP contribution is -2.39. The SMILES string of the molecule is CC(O)(CNC(=O)Cc1cc(-c2ccccc2)on1)c1ccc(F)cc1. The van der Waals surface area contributed by atoms with Gasteiger partial charge in [0.2, 0.25) is 5.91 Å². The number of hydrogen-bond acceptors (Lipinski definition) is 4. The minimum Gasteiger partial charge on any atom is -0.384 e. The van der Waals surface area contributed by atoms with Gasteiger partial charge in [-0.05, 0) is 24.6 Å². The summed E-state index contributed by atoms with van der Waals surface area (Å²) in [5.41, 5.74) is 0.600. The first-order valence-electron chi connectivity index (χ1n) is 8.20. The quantitative estimate of drug-likeness (QED) is 0.713. The number of rotatable bonds is 6. The summed E-state index contributed by atoms with van der Waals surface area (Å²) >= 11 is 0. The molecule has 6 heteroatoms. The van der Waals surface area contributed by atoms with Crippen LogP contribution in [-0.2, 0) is 16.8 Å². The highest BCUT2D eigenvalue weighted by Crippen LogP contribution is 2.21. The van der Waals surface area contributed by atoms with Crippen LogP contribution < -0.4 is 5.32 Å². The molecular weight excluding hydrogens is 335 g/mol. The molecule has 0 aliphatic carbocycles. The van der Waals surface area contributed by atoms with Crippen molar-refractivity contribution < 1.29 is 18.8 Å². The Balaban J connectivity index is 1.57. The molecule has 0 bridgehead atoms. The van der Waals surface area contributed by atoms with E-state index in [9.17, 15) is 14.3 Å². The Morgan fingerprint density at radius 1 is 1.19 bits per heavy atom. The lowest BCUT2D eigenvalue weighted by Gasteiger charge is -2.24. The molecule has 0 saturated carbocycles. The Bertz CT molecular complexity index is 874. The fourth-order valence-electron chi connectivity index (χ4n) is 2.54. The number of carbonyl (C=O) groups is 1. The van der Waals surface area contributed by atoms with Crippen molar-refractivity contribution in [2.75, 3.05) is 6.54 Å². The van der Waals surface area contributed by atoms with Crippen LogP contribution in [-0.4, -0.2) is 22.7 Å². The van der Waals surface area contributed by atoms with Crippen molar-refractivity contribution in [1.82, 2.24) is 10.5 Å². The molecule has 2 aromatic carbocycles. The van der Waals surface area contributed by atoms with Crippen LogP contribution in [0.15, 0.2) is 65.2 Å². The van der Waals surface area contributed by atoms with Crippen LogP contribution in [0.1, 0.15) is 18.2 Å². The zero-order chi connectivity index (χ0) is 18.6. The molecule has 0 saturated heterocycles. The fraction of sp³-hybridized carbons (Fsp3) is 0.200. The minimum absolute atomic E-state index is 0.000853. The van der Waals surface area contributed by atoms with E-state index in [2.05, 4.69) is 10.5 Å². The van der Waals surface area contributed by atoms with Gasteiger partial charge < -0.3 is 14.9 Å². The number of nitrogens with one attached hydrogen (secondary N) is 1. The van der Waals surface area contributed by atoms with Crippen LogP contribution in [0.4, 0.5) is 4.39 Å². The molecule has 0 fully saturated rings. The molecule has 1 heterocycles. The molecule has 0 radical (unpaired) electrons. The Kier molecular flexibility index (Phi) is 5.14. The van der Waals surface area contributed by atoms with E-state index in [0.29, 0.717) is 17.0 Å². The Labute approximate surface area is 150 Å². The second-order valence-corrected chi connectivity index (χ2v) is 6.28. The number of amides is 1. The molecule has 134 valence electrons. The van der Waals surface area contributed by atoms with E-state index >= 15 is 0 Å². The molecule has 3 rings (SSSR count). The lowest BCUT2D eigenvalue weighted by molar-refractivity contribution is -0.121. The van der Waals surface area contributed by atoms with Gasteiger partial charge in [0.25, 0.3) is 0 Å². The van der Waals surface area contributed by atoms with Crippen LogP contribution >= 0.6 is 0 Å². The van der Waals surface area contributed by atoms with Crippen molar-refractivity contribution in [2.45, 2.75) is 18.9 Å². The van der Waals surface area contributed by atoms with Crippen molar-refractivity contribution in [1.29, 1.82) is 0 Å². The van der Waals surface area contributed by atoms with Gasteiger partial charge in [0, 0.05) is 11.6 Å². The molecule has 0 spiro atoms. The average molecular weight is 354 g/mol. The van der Waals surface area contributed by atoms with Gasteiger partial charge in [-0.1, -0.05) is 47.6 Å². The maximum Gasteiger partial charge on any atom is 0.226 e. The number of halogens is 1. The summed E-state index contributed by atoms with van der Waals surface area (Å²) in [7, 11) is 0. The number of hydrogen-bond donors (Lipinski definition) is 2. The number of carbonyl (C=O) groups excluding carboxylic acids is 1. The molecule has 3 aromatic rings. The first-order chi connectivity index (χ1) is 12.4. The topological polar surface area (TPSA) is 75.4 Å². The van der Waals surface area contributed by atoms with Crippen LogP contribution in [0, 0.1) is 5.82 Å². The highest BCUT2D eigenvalue weighted by Gasteiger charge is 2.24. The molecule has 1 aromatic heterocycles. The summed E-state index contributed by atoms with van der Waals surface area (Å²) in [6.45, 7) is 1.56. The van der Waals surface area contributed by atoms with Gasteiger partial charge >= 0.3 is 0 Å². The van der Waals surface area contributed by atoms with Gasteiger partial charge in [0.1, 0.15) is 11.4 Å². The Morgan fingerprint density at radius 2 is 1.88 bits per heavy atom. The average Bonchev–Trinajstić information content (AvgIpc) is 3.10. The van der Waals surface area contributed by atoms with Crippen molar-refractivity contribution in [3.8, 4) is 11.3 Å². The van der Waals surface area contributed by atoms with E-state index in [-0.39, 0.29) is 24.7 Å². The molecule has 0 aliphatic heterocycles. The van der Waals surface area contributed by atoms with Gasteiger partial charge in [0.15, 0.2) is 5.76 Å². The van der Waals surface area contributed by atoms with Crippen molar-refractivity contribution >= 4 is 5.91 Å². The fourth-order valence-corrected chi connectivity index (χ4v) is 2.54. The normalized spacial score (nSPS) is 13.2. The molecule has 1 unspecified atom stereocenters. The van der Waals surface area contributed by atoms with E-state index in [4.69, 9.17) is 4.52 Å². The van der Waals surface area contributed by atoms with Gasteiger partial charge in [0.05, 0.1) is 18.7 Å². The van der Waals surface area contributed by atoms with Crippen LogP contribution in [0.2, 0.25) is 0 Å². The molecule has 1 amide bonds. The van der Waals surface area contributed by atoms with E-state index in [1.54, 1.807) is 13.0 Å². The number of benzene rings is 2. The first kappa shape index (κ1) is 17.8. The lowest BCUT2D eigenvalue weighted by atomic mass is 9.96. The van der Waals surface area contributed by atoms with E-state index in [1.807, 2.05) is 30.3 Å². The second kappa shape index (κ2) is 7.49. The first-order valence-corrected chi connectivity index (χ1v) is 8.20. The molecular formula is C20H19FN2O3. The minimum atomic E-state index is -1.30. The molecule has 2 N–H and O–H groups in total. The maximum atomic E-state index is 13.0. The van der Waals surface area contributed by atoms with Gasteiger partial charge in [-0.2, -0.15) is 0 Å². The van der Waals surface area contributed by atoms with Crippen molar-refractivity contribution in [3.63, 3.8) is 0 Å². The summed E-state index contributed by atoms with van der Waals surface area (Å²) in [6, 6.07) is 16.7. The highest BCUT2D eigenvalue weighted by atomic mass is 19.1. The number of nitrogens with zero attached hydrogens (tertiary/aromatic N) is 1. The third-order valence-corrected chi connectivity index (χ3v) is 4.05. The van der Waals surface area contributed by atoms with Crippen LogP contribution in [0.3, 0.4) is 0 Å². The highest BCUT2D eigenvalue weighted by molar-refractivity contribution is 5.78. The smallest absolute Gasteiger partial charge is 0.226 e. The molecule has 26 heavy (non-hydrogen) atoms. The number of aliphatic hydroxyl groups is 1. The van der Waals surface area contributed by atoms with E-state index in [1.165, 1.54) is 24.3 Å². The predicted molar refractivity (Wildman–Crippen MR) is 94.6 cm³/mol. The Hall–Kier alpha value is -2.99. The van der Waals surface area contributed by atoms with Gasteiger partial charge in [-0.3, -0.25) is 4.79 Å². The summed E-state index contributed by atoms with van der Waals surface area (Å²) in [6.07, 6.45) is 0.0375. The molecule has 0 aliphatic rings. The van der Waals surface area contributed by atoms with Crippen LogP contribution in [0.25, 0.3) is 11.3 Å². The summed E-state index contributed by atoms with van der Waals surface area (Å²) < 4.78 is 18.3. The zero-order valence-electron chi connectivity index (χ0n) is 14.3. The van der Waals surface area contributed by atoms with Crippen LogP contribution in [0.5, 0.6) is 0 Å². The number of aromatic nitrogens is 1. The summed E-state index contributed by atoms with van der Waals surface area (Å²) in [5.74, 6) is -0.0826. The third-order valence-electron chi connectivity index (χ3n) is 4.05. The second-order valence-electron chi connectivity index (χ2n) is 6.28. The van der Waals surface area contributed by atoms with Gasteiger partial charge in [-0.25, -0.2) is 4.39 Å². The third kappa shape index (κ3) is 4.34. The Morgan fingerprint density at radius 3 is 2.58 bits per heavy atom. The molecule has 5 nitrogen and oxygen atoms in total. The monoisotopic (exact) mass is 354 g/mol. The van der Waals surface area contributed by atoms with Crippen molar-refractivity contribution in [2.24, 2.45) is 0 Å². The van der Waals surface area contributed by atoms with Crippen molar-refractivity contribution in [3.05, 3.63) is 77.7 Å². The van der Waals surface area contributed by atoms with E-state index in [0.717, 1.165) is 5.56 Å². The predicted octanol–water partition coefficient (Wildman–Crippen LogP) is 3.05. The molecule has 1 atom stereocenters.